The molecule has 1 amide bonds. The molecule has 1 aromatic rings. The highest BCUT2D eigenvalue weighted by Gasteiger charge is 2.15. The Morgan fingerprint density at radius 1 is 1.48 bits per heavy atom. The van der Waals surface area contributed by atoms with E-state index in [2.05, 4.69) is 25.9 Å². The lowest BCUT2D eigenvalue weighted by Crippen LogP contribution is -2.32. The number of rotatable bonds is 6. The lowest BCUT2D eigenvalue weighted by atomic mass is 10.0. The number of amides is 1. The van der Waals surface area contributed by atoms with Gasteiger partial charge in [0, 0.05) is 6.54 Å². The molecule has 23 heavy (non-hydrogen) atoms. The Bertz CT molecular complexity index is 606. The quantitative estimate of drug-likeness (QED) is 0.267. The molecular weight excluding hydrogens is 296 g/mol. The minimum absolute atomic E-state index is 0.140. The number of guanidine groups is 1. The number of nitrogens with zero attached hydrogens (tertiary/aromatic N) is 3. The van der Waals surface area contributed by atoms with Crippen LogP contribution in [0.3, 0.4) is 0 Å². The van der Waals surface area contributed by atoms with Crippen LogP contribution in [0.2, 0.25) is 0 Å². The molecule has 0 atom stereocenters. The molecule has 0 bridgehead atoms. The normalized spacial score (nSPS) is 11.5. The number of anilines is 1. The van der Waals surface area contributed by atoms with Gasteiger partial charge in [0.2, 0.25) is 5.96 Å². The maximum Gasteiger partial charge on any atom is 0.270 e. The molecule has 0 aliphatic rings. The minimum atomic E-state index is -0.386. The summed E-state index contributed by atoms with van der Waals surface area (Å²) in [4.78, 5) is 20.4. The monoisotopic (exact) mass is 318 g/mol. The maximum atomic E-state index is 11.8. The molecule has 0 unspecified atom stereocenters. The molecule has 124 valence electrons. The Morgan fingerprint density at radius 2 is 2.22 bits per heavy atom. The Balaban J connectivity index is 2.93. The van der Waals surface area contributed by atoms with Crippen molar-refractivity contribution >= 4 is 17.7 Å². The highest BCUT2D eigenvalue weighted by molar-refractivity contribution is 5.96. The zero-order chi connectivity index (χ0) is 17.3. The molecule has 0 spiro atoms. The first kappa shape index (κ1) is 18.4. The third-order valence-corrected chi connectivity index (χ3v) is 3.08. The van der Waals surface area contributed by atoms with Crippen molar-refractivity contribution in [1.29, 1.82) is 5.26 Å². The standard InChI is InChI=1S/C15H22N6O2/c1-4-15(2,3)21-14(18-10-16)20-12-7-5-6-11(19-12)13(23)17-8-9-22/h5-7,22H,4,8-9H2,1-3H3,(H,17,23)(H2,18,19,20,21). The Hall–Kier alpha value is -2.66. The smallest absolute Gasteiger partial charge is 0.270 e. The fourth-order valence-corrected chi connectivity index (χ4v) is 1.53. The van der Waals surface area contributed by atoms with E-state index < -0.39 is 0 Å². The van der Waals surface area contributed by atoms with Gasteiger partial charge in [0.05, 0.1) is 12.1 Å². The van der Waals surface area contributed by atoms with Crippen LogP contribution in [-0.2, 0) is 0 Å². The Morgan fingerprint density at radius 3 is 2.83 bits per heavy atom. The summed E-state index contributed by atoms with van der Waals surface area (Å²) >= 11 is 0. The lowest BCUT2D eigenvalue weighted by molar-refractivity contribution is 0.0940. The van der Waals surface area contributed by atoms with Crippen LogP contribution in [0.5, 0.6) is 0 Å². The van der Waals surface area contributed by atoms with Gasteiger partial charge in [-0.15, -0.1) is 0 Å². The predicted molar refractivity (Wildman–Crippen MR) is 87.8 cm³/mol. The summed E-state index contributed by atoms with van der Waals surface area (Å²) in [5.74, 6) is 0.262. The number of carbonyl (C=O) groups is 1. The molecule has 1 aromatic heterocycles. The van der Waals surface area contributed by atoms with Crippen LogP contribution in [0.15, 0.2) is 23.2 Å². The van der Waals surface area contributed by atoms with E-state index in [4.69, 9.17) is 10.4 Å². The third-order valence-electron chi connectivity index (χ3n) is 3.08. The zero-order valence-corrected chi connectivity index (χ0v) is 13.6. The van der Waals surface area contributed by atoms with Crippen molar-refractivity contribution in [2.75, 3.05) is 18.5 Å². The first-order valence-electron chi connectivity index (χ1n) is 7.30. The van der Waals surface area contributed by atoms with Crippen LogP contribution in [0.4, 0.5) is 5.82 Å². The van der Waals surface area contributed by atoms with E-state index in [1.807, 2.05) is 27.0 Å². The number of nitriles is 1. The van der Waals surface area contributed by atoms with Crippen LogP contribution < -0.4 is 16.0 Å². The van der Waals surface area contributed by atoms with Gasteiger partial charge >= 0.3 is 0 Å². The first-order chi connectivity index (χ1) is 10.9. The molecule has 0 fully saturated rings. The molecule has 8 nitrogen and oxygen atoms in total. The molecule has 0 aromatic carbocycles. The fourth-order valence-electron chi connectivity index (χ4n) is 1.53. The van der Waals surface area contributed by atoms with Crippen LogP contribution >= 0.6 is 0 Å². The maximum absolute atomic E-state index is 11.8. The molecule has 1 heterocycles. The van der Waals surface area contributed by atoms with Crippen molar-refractivity contribution < 1.29 is 9.90 Å². The molecule has 0 aliphatic heterocycles. The minimum Gasteiger partial charge on any atom is -0.395 e. The van der Waals surface area contributed by atoms with Crippen molar-refractivity contribution in [2.24, 2.45) is 4.99 Å². The number of pyridine rings is 1. The molecule has 0 saturated carbocycles. The first-order valence-corrected chi connectivity index (χ1v) is 7.30. The lowest BCUT2D eigenvalue weighted by Gasteiger charge is -2.19. The molecule has 1 rings (SSSR count). The predicted octanol–water partition coefficient (Wildman–Crippen LogP) is 0.831. The van der Waals surface area contributed by atoms with Crippen molar-refractivity contribution in [3.63, 3.8) is 0 Å². The van der Waals surface area contributed by atoms with Gasteiger partial charge in [0.1, 0.15) is 11.5 Å². The number of nitrogens with one attached hydrogen (secondary N) is 3. The number of aromatic nitrogens is 1. The van der Waals surface area contributed by atoms with Gasteiger partial charge < -0.3 is 15.7 Å². The van der Waals surface area contributed by atoms with Gasteiger partial charge in [-0.25, -0.2) is 9.98 Å². The summed E-state index contributed by atoms with van der Waals surface area (Å²) < 4.78 is 0. The van der Waals surface area contributed by atoms with Crippen molar-refractivity contribution in [2.45, 2.75) is 32.7 Å². The van der Waals surface area contributed by atoms with Gasteiger partial charge in [0.15, 0.2) is 6.19 Å². The number of hydrogen-bond donors (Lipinski definition) is 4. The van der Waals surface area contributed by atoms with E-state index in [-0.39, 0.29) is 36.3 Å². The van der Waals surface area contributed by atoms with E-state index in [0.29, 0.717) is 5.82 Å². The molecule has 0 aliphatic carbocycles. The summed E-state index contributed by atoms with van der Waals surface area (Å²) in [6.07, 6.45) is 2.62. The SMILES string of the molecule is CCC(C)(C)N=C(NC#N)Nc1cccc(C(=O)NCCO)n1. The highest BCUT2D eigenvalue weighted by Crippen LogP contribution is 2.14. The average molecular weight is 318 g/mol. The molecule has 0 saturated heterocycles. The third kappa shape index (κ3) is 6.32. The van der Waals surface area contributed by atoms with Gasteiger partial charge in [-0.1, -0.05) is 13.0 Å². The fraction of sp³-hybridized carbons (Fsp3) is 0.467. The van der Waals surface area contributed by atoms with Crippen LogP contribution in [0, 0.1) is 11.5 Å². The molecule has 8 heteroatoms. The number of aliphatic hydroxyl groups excluding tert-OH is 1. The second-order valence-electron chi connectivity index (χ2n) is 5.38. The largest absolute Gasteiger partial charge is 0.395 e. The molecular formula is C15H22N6O2. The summed E-state index contributed by atoms with van der Waals surface area (Å²) in [6.45, 7) is 5.90. The second kappa shape index (κ2) is 8.70. The Kier molecular flexibility index (Phi) is 6.96. The van der Waals surface area contributed by atoms with Crippen molar-refractivity contribution in [3.8, 4) is 6.19 Å². The number of carbonyl (C=O) groups excluding carboxylic acids is 1. The highest BCUT2D eigenvalue weighted by atomic mass is 16.3. The van der Waals surface area contributed by atoms with Crippen LogP contribution in [-0.4, -0.2) is 40.6 Å². The zero-order valence-electron chi connectivity index (χ0n) is 13.6. The number of hydrogen-bond acceptors (Lipinski definition) is 5. The average Bonchev–Trinajstić information content (AvgIpc) is 2.52. The van der Waals surface area contributed by atoms with Gasteiger partial charge in [-0.3, -0.25) is 10.1 Å². The topological polar surface area (TPSA) is 122 Å². The van der Waals surface area contributed by atoms with Gasteiger partial charge in [-0.05, 0) is 32.4 Å². The summed E-state index contributed by atoms with van der Waals surface area (Å²) in [5.41, 5.74) is -0.142. The van der Waals surface area contributed by atoms with E-state index in [9.17, 15) is 4.79 Å². The van der Waals surface area contributed by atoms with Crippen molar-refractivity contribution in [3.05, 3.63) is 23.9 Å². The molecule has 4 N–H and O–H groups in total. The number of aliphatic imine (C=N–C) groups is 1. The van der Waals surface area contributed by atoms with E-state index in [1.54, 1.807) is 18.2 Å². The van der Waals surface area contributed by atoms with Crippen LogP contribution in [0.25, 0.3) is 0 Å². The van der Waals surface area contributed by atoms with Crippen LogP contribution in [0.1, 0.15) is 37.7 Å². The van der Waals surface area contributed by atoms with E-state index in [1.165, 1.54) is 0 Å². The van der Waals surface area contributed by atoms with E-state index >= 15 is 0 Å². The second-order valence-corrected chi connectivity index (χ2v) is 5.38. The van der Waals surface area contributed by atoms with Gasteiger partial charge in [0.25, 0.3) is 5.91 Å². The summed E-state index contributed by atoms with van der Waals surface area (Å²) in [5, 5.41) is 25.5. The molecule has 0 radical (unpaired) electrons. The Labute approximate surface area is 135 Å². The number of aliphatic hydroxyl groups is 1. The van der Waals surface area contributed by atoms with E-state index in [0.717, 1.165) is 6.42 Å². The summed E-state index contributed by atoms with van der Waals surface area (Å²) in [6, 6.07) is 4.89. The van der Waals surface area contributed by atoms with Gasteiger partial charge in [-0.2, -0.15) is 5.26 Å². The summed E-state index contributed by atoms with van der Waals surface area (Å²) in [7, 11) is 0. The van der Waals surface area contributed by atoms with Crippen molar-refractivity contribution in [1.82, 2.24) is 15.6 Å².